The van der Waals surface area contributed by atoms with Crippen molar-refractivity contribution in [1.82, 2.24) is 4.90 Å². The summed E-state index contributed by atoms with van der Waals surface area (Å²) in [6.07, 6.45) is 3.65. The van der Waals surface area contributed by atoms with Gasteiger partial charge in [0, 0.05) is 32.3 Å². The molecule has 194 valence electrons. The fraction of sp³-hybridized carbons (Fsp3) is 1.00. The SMILES string of the molecule is CCO[Si](C)(C)CCCSCN(CCC[Si](C)(C)OCC)CCC[Si](C)(OCC)OCC. The van der Waals surface area contributed by atoms with E-state index < -0.39 is 25.2 Å². The van der Waals surface area contributed by atoms with Gasteiger partial charge in [0.15, 0.2) is 16.6 Å². The largest absolute Gasteiger partial charge is 0.418 e. The van der Waals surface area contributed by atoms with Gasteiger partial charge in [-0.3, -0.25) is 4.90 Å². The highest BCUT2D eigenvalue weighted by Gasteiger charge is 2.30. The van der Waals surface area contributed by atoms with Crippen LogP contribution in [0.1, 0.15) is 47.0 Å². The quantitative estimate of drug-likeness (QED) is 0.0881. The Balaban J connectivity index is 4.58. The third-order valence-corrected chi connectivity index (χ3v) is 15.1. The highest BCUT2D eigenvalue weighted by atomic mass is 32.2. The van der Waals surface area contributed by atoms with E-state index in [0.29, 0.717) is 0 Å². The van der Waals surface area contributed by atoms with Crippen molar-refractivity contribution in [3.63, 3.8) is 0 Å². The molecule has 0 rings (SSSR count). The van der Waals surface area contributed by atoms with Gasteiger partial charge in [0.2, 0.25) is 0 Å². The van der Waals surface area contributed by atoms with Gasteiger partial charge in [0.25, 0.3) is 0 Å². The third-order valence-electron chi connectivity index (χ3n) is 5.67. The number of nitrogens with zero attached hydrogens (tertiary/aromatic N) is 1. The van der Waals surface area contributed by atoms with Crippen LogP contribution in [0.25, 0.3) is 0 Å². The zero-order chi connectivity index (χ0) is 24.5. The maximum atomic E-state index is 6.04. The van der Waals surface area contributed by atoms with Crippen LogP contribution >= 0.6 is 11.8 Å². The first-order valence-electron chi connectivity index (χ1n) is 12.9. The van der Waals surface area contributed by atoms with Crippen LogP contribution in [-0.2, 0) is 17.7 Å². The van der Waals surface area contributed by atoms with Gasteiger partial charge in [-0.1, -0.05) is 0 Å². The smallest absolute Gasteiger partial charge is 0.334 e. The van der Waals surface area contributed by atoms with Crippen LogP contribution < -0.4 is 0 Å². The molecule has 0 unspecified atom stereocenters. The zero-order valence-electron chi connectivity index (χ0n) is 22.9. The average molecular weight is 526 g/mol. The number of hydrogen-bond donors (Lipinski definition) is 0. The molecule has 0 heterocycles. The highest BCUT2D eigenvalue weighted by molar-refractivity contribution is 7.99. The monoisotopic (exact) mass is 525 g/mol. The summed E-state index contributed by atoms with van der Waals surface area (Å²) in [5.41, 5.74) is 0. The molecule has 0 atom stereocenters. The van der Waals surface area contributed by atoms with Crippen molar-refractivity contribution in [3.05, 3.63) is 0 Å². The molecule has 0 amide bonds. The Hall–Kier alpha value is 0.801. The normalized spacial score (nSPS) is 13.3. The Morgan fingerprint density at radius 1 is 0.594 bits per heavy atom. The summed E-state index contributed by atoms with van der Waals surface area (Å²) in [5, 5.41) is 0. The Bertz CT molecular complexity index is 453. The molecule has 0 aromatic rings. The number of hydrogen-bond acceptors (Lipinski definition) is 6. The van der Waals surface area contributed by atoms with Crippen LogP contribution in [0.2, 0.25) is 50.9 Å². The summed E-state index contributed by atoms with van der Waals surface area (Å²) in [4.78, 5) is 2.65. The molecule has 0 aromatic heterocycles. The molecule has 0 aliphatic heterocycles. The van der Waals surface area contributed by atoms with Crippen molar-refractivity contribution in [2.45, 2.75) is 97.8 Å². The van der Waals surface area contributed by atoms with Gasteiger partial charge in [-0.15, -0.1) is 11.8 Å². The predicted molar refractivity (Wildman–Crippen MR) is 150 cm³/mol. The van der Waals surface area contributed by atoms with Crippen LogP contribution in [0.15, 0.2) is 0 Å². The standard InChI is InChI=1S/C23H55NO4SSi3/c1-10-25-30(5,6)20-14-17-24(18-15-22-32(9,27-12-3)28-13-4)23-29-19-16-21-31(7,8)26-11-2/h10-23H2,1-9H3. The molecular formula is C23H55NO4SSi3. The summed E-state index contributed by atoms with van der Waals surface area (Å²) >= 11 is 2.09. The first-order valence-corrected chi connectivity index (χ1v) is 22.8. The summed E-state index contributed by atoms with van der Waals surface area (Å²) in [7, 11) is -4.97. The van der Waals surface area contributed by atoms with E-state index in [4.69, 9.17) is 17.7 Å². The van der Waals surface area contributed by atoms with E-state index in [1.54, 1.807) is 0 Å². The van der Waals surface area contributed by atoms with Gasteiger partial charge in [-0.05, 0) is 117 Å². The predicted octanol–water partition coefficient (Wildman–Crippen LogP) is 6.78. The molecule has 0 aromatic carbocycles. The highest BCUT2D eigenvalue weighted by Crippen LogP contribution is 2.20. The molecule has 0 spiro atoms. The van der Waals surface area contributed by atoms with Crippen LogP contribution in [0.3, 0.4) is 0 Å². The van der Waals surface area contributed by atoms with Crippen LogP contribution in [0.4, 0.5) is 0 Å². The second kappa shape index (κ2) is 18.1. The summed E-state index contributed by atoms with van der Waals surface area (Å²) in [6.45, 7) is 25.5. The molecule has 0 fully saturated rings. The Morgan fingerprint density at radius 3 is 1.50 bits per heavy atom. The first kappa shape index (κ1) is 32.8. The van der Waals surface area contributed by atoms with E-state index in [-0.39, 0.29) is 0 Å². The fourth-order valence-corrected chi connectivity index (χ4v) is 11.6. The molecule has 0 saturated carbocycles. The van der Waals surface area contributed by atoms with E-state index in [0.717, 1.165) is 57.9 Å². The summed E-state index contributed by atoms with van der Waals surface area (Å²) in [6, 6.07) is 3.57. The average Bonchev–Trinajstić information content (AvgIpc) is 2.67. The van der Waals surface area contributed by atoms with E-state index in [9.17, 15) is 0 Å². The summed E-state index contributed by atoms with van der Waals surface area (Å²) in [5.74, 6) is 2.35. The molecule has 0 radical (unpaired) electrons. The molecule has 0 aliphatic carbocycles. The molecule has 5 nitrogen and oxygen atoms in total. The molecule has 0 N–H and O–H groups in total. The van der Waals surface area contributed by atoms with Gasteiger partial charge < -0.3 is 17.7 Å². The van der Waals surface area contributed by atoms with Crippen molar-refractivity contribution in [1.29, 1.82) is 0 Å². The Kier molecular flexibility index (Phi) is 18.6. The van der Waals surface area contributed by atoms with Gasteiger partial charge in [-0.2, -0.15) is 0 Å². The van der Waals surface area contributed by atoms with Gasteiger partial charge in [-0.25, -0.2) is 0 Å². The fourth-order valence-electron chi connectivity index (χ4n) is 4.11. The lowest BCUT2D eigenvalue weighted by Crippen LogP contribution is -2.39. The molecule has 0 aliphatic rings. The van der Waals surface area contributed by atoms with Crippen molar-refractivity contribution in [2.24, 2.45) is 0 Å². The molecule has 32 heavy (non-hydrogen) atoms. The zero-order valence-corrected chi connectivity index (χ0v) is 26.7. The minimum absolute atomic E-state index is 0.751. The molecular weight excluding hydrogens is 471 g/mol. The van der Waals surface area contributed by atoms with E-state index in [1.165, 1.54) is 30.7 Å². The second-order valence-corrected chi connectivity index (χ2v) is 22.9. The van der Waals surface area contributed by atoms with E-state index in [2.05, 4.69) is 77.1 Å². The Labute approximate surface area is 208 Å². The van der Waals surface area contributed by atoms with Gasteiger partial charge in [0.05, 0.1) is 0 Å². The van der Waals surface area contributed by atoms with E-state index >= 15 is 0 Å². The Morgan fingerprint density at radius 2 is 1.03 bits per heavy atom. The molecule has 9 heteroatoms. The van der Waals surface area contributed by atoms with Crippen molar-refractivity contribution in [2.75, 3.05) is 51.1 Å². The second-order valence-electron chi connectivity index (χ2n) is 9.85. The van der Waals surface area contributed by atoms with Crippen molar-refractivity contribution >= 4 is 37.0 Å². The van der Waals surface area contributed by atoms with Crippen molar-refractivity contribution < 1.29 is 17.7 Å². The summed E-state index contributed by atoms with van der Waals surface area (Å²) < 4.78 is 24.1. The van der Waals surface area contributed by atoms with Gasteiger partial charge in [0.1, 0.15) is 0 Å². The first-order chi connectivity index (χ1) is 15.0. The third kappa shape index (κ3) is 17.3. The molecule has 0 saturated heterocycles. The lowest BCUT2D eigenvalue weighted by atomic mass is 10.4. The minimum Gasteiger partial charge on any atom is -0.418 e. The van der Waals surface area contributed by atoms with Gasteiger partial charge >= 0.3 is 8.56 Å². The topological polar surface area (TPSA) is 40.2 Å². The van der Waals surface area contributed by atoms with E-state index in [1.807, 2.05) is 0 Å². The number of rotatable bonds is 22. The van der Waals surface area contributed by atoms with Crippen molar-refractivity contribution in [3.8, 4) is 0 Å². The maximum absolute atomic E-state index is 6.04. The van der Waals surface area contributed by atoms with Crippen LogP contribution in [0.5, 0.6) is 0 Å². The maximum Gasteiger partial charge on any atom is 0.334 e. The lowest BCUT2D eigenvalue weighted by Gasteiger charge is -2.29. The van der Waals surface area contributed by atoms with Crippen LogP contribution in [-0.4, -0.2) is 81.2 Å². The molecule has 0 bridgehead atoms. The minimum atomic E-state index is -2.02. The van der Waals surface area contributed by atoms with Crippen LogP contribution in [0, 0.1) is 0 Å². The lowest BCUT2D eigenvalue weighted by molar-refractivity contribution is 0.186. The number of thioether (sulfide) groups is 1.